The molecular weight excluding hydrogens is 336 g/mol. The zero-order valence-corrected chi connectivity index (χ0v) is 16.8. The predicted molar refractivity (Wildman–Crippen MR) is 114 cm³/mol. The van der Waals surface area contributed by atoms with Crippen molar-refractivity contribution < 1.29 is 0 Å². The Kier molecular flexibility index (Phi) is 6.73. The highest BCUT2D eigenvalue weighted by Gasteiger charge is 2.09. The number of rotatable bonds is 8. The third-order valence-electron chi connectivity index (χ3n) is 4.53. The summed E-state index contributed by atoms with van der Waals surface area (Å²) in [6.07, 6.45) is 1.20. The van der Waals surface area contributed by atoms with Gasteiger partial charge in [0.2, 0.25) is 0 Å². The lowest BCUT2D eigenvalue weighted by Crippen LogP contribution is -2.23. The Morgan fingerprint density at radius 1 is 0.731 bits per heavy atom. The first-order chi connectivity index (χ1) is 12.6. The maximum atomic E-state index is 2.42. The molecule has 0 radical (unpaired) electrons. The fourth-order valence-electron chi connectivity index (χ4n) is 3.16. The van der Waals surface area contributed by atoms with E-state index in [0.717, 1.165) is 19.6 Å². The van der Waals surface area contributed by atoms with Crippen molar-refractivity contribution in [1.29, 1.82) is 0 Å². The molecule has 0 bridgehead atoms. The first kappa shape index (κ1) is 19.0. The second-order valence-electron chi connectivity index (χ2n) is 7.08. The van der Waals surface area contributed by atoms with Crippen LogP contribution in [-0.4, -0.2) is 44.0 Å². The van der Waals surface area contributed by atoms with Crippen LogP contribution in [0.25, 0.3) is 10.8 Å². The Morgan fingerprint density at radius 2 is 1.42 bits per heavy atom. The van der Waals surface area contributed by atoms with Crippen LogP contribution in [0.4, 0.5) is 0 Å². The van der Waals surface area contributed by atoms with Gasteiger partial charge in [0.05, 0.1) is 0 Å². The third kappa shape index (κ3) is 5.10. The average Bonchev–Trinajstić information content (AvgIpc) is 2.63. The second-order valence-corrected chi connectivity index (χ2v) is 8.17. The fourth-order valence-corrected chi connectivity index (χ4v) is 4.25. The standard InChI is InChI=1S/C23H28N2S/c1-24(2)16-9-17-25(3)18-20-11-5-7-14-22(20)26-23-15-8-12-19-10-4-6-13-21(19)23/h4-8,10-15H,9,16-18H2,1-3H3. The van der Waals surface area contributed by atoms with Gasteiger partial charge < -0.3 is 9.80 Å². The van der Waals surface area contributed by atoms with E-state index in [-0.39, 0.29) is 0 Å². The Balaban J connectivity index is 1.75. The molecule has 3 aromatic carbocycles. The molecule has 0 aliphatic heterocycles. The molecule has 0 N–H and O–H groups in total. The van der Waals surface area contributed by atoms with Crippen molar-refractivity contribution in [2.24, 2.45) is 0 Å². The molecule has 0 fully saturated rings. The molecule has 3 aromatic rings. The minimum atomic E-state index is 0.987. The van der Waals surface area contributed by atoms with Gasteiger partial charge >= 0.3 is 0 Å². The molecular formula is C23H28N2S. The van der Waals surface area contributed by atoms with Gasteiger partial charge in [-0.1, -0.05) is 66.4 Å². The van der Waals surface area contributed by atoms with Crippen molar-refractivity contribution in [3.05, 3.63) is 72.3 Å². The quantitative estimate of drug-likeness (QED) is 0.530. The zero-order chi connectivity index (χ0) is 18.4. The average molecular weight is 365 g/mol. The van der Waals surface area contributed by atoms with Gasteiger partial charge in [-0.25, -0.2) is 0 Å². The largest absolute Gasteiger partial charge is 0.309 e. The number of hydrogen-bond acceptors (Lipinski definition) is 3. The van der Waals surface area contributed by atoms with Gasteiger partial charge in [0.15, 0.2) is 0 Å². The van der Waals surface area contributed by atoms with Crippen LogP contribution in [0.2, 0.25) is 0 Å². The molecule has 2 nitrogen and oxygen atoms in total. The molecule has 0 spiro atoms. The highest BCUT2D eigenvalue weighted by atomic mass is 32.2. The van der Waals surface area contributed by atoms with Crippen molar-refractivity contribution >= 4 is 22.5 Å². The summed E-state index contributed by atoms with van der Waals surface area (Å²) in [4.78, 5) is 7.35. The Hall–Kier alpha value is -1.81. The first-order valence-electron chi connectivity index (χ1n) is 9.20. The summed E-state index contributed by atoms with van der Waals surface area (Å²) in [6, 6.07) is 24.0. The molecule has 0 saturated heterocycles. The highest BCUT2D eigenvalue weighted by Crippen LogP contribution is 2.35. The van der Waals surface area contributed by atoms with Gasteiger partial charge in [0.25, 0.3) is 0 Å². The van der Waals surface area contributed by atoms with Gasteiger partial charge in [-0.2, -0.15) is 0 Å². The number of benzene rings is 3. The van der Waals surface area contributed by atoms with Gasteiger partial charge in [0, 0.05) is 16.3 Å². The van der Waals surface area contributed by atoms with Gasteiger partial charge in [0.1, 0.15) is 0 Å². The number of nitrogens with zero attached hydrogens (tertiary/aromatic N) is 2. The van der Waals surface area contributed by atoms with Crippen LogP contribution >= 0.6 is 11.8 Å². The molecule has 3 heteroatoms. The van der Waals surface area contributed by atoms with E-state index >= 15 is 0 Å². The lowest BCUT2D eigenvalue weighted by molar-refractivity contribution is 0.293. The molecule has 0 aromatic heterocycles. The minimum Gasteiger partial charge on any atom is -0.309 e. The van der Waals surface area contributed by atoms with E-state index in [1.165, 1.54) is 32.5 Å². The molecule has 0 aliphatic rings. The van der Waals surface area contributed by atoms with Crippen LogP contribution in [0.15, 0.2) is 76.5 Å². The Bertz CT molecular complexity index is 839. The molecule has 0 saturated carbocycles. The summed E-state index contributed by atoms with van der Waals surface area (Å²) < 4.78 is 0. The maximum Gasteiger partial charge on any atom is 0.0241 e. The van der Waals surface area contributed by atoms with Crippen molar-refractivity contribution in [2.45, 2.75) is 22.8 Å². The molecule has 0 aliphatic carbocycles. The second kappa shape index (κ2) is 9.22. The monoisotopic (exact) mass is 364 g/mol. The van der Waals surface area contributed by atoms with Crippen molar-refractivity contribution in [3.8, 4) is 0 Å². The molecule has 0 heterocycles. The van der Waals surface area contributed by atoms with Gasteiger partial charge in [-0.05, 0) is 69.1 Å². The van der Waals surface area contributed by atoms with E-state index in [2.05, 4.69) is 97.7 Å². The highest BCUT2D eigenvalue weighted by molar-refractivity contribution is 7.99. The van der Waals surface area contributed by atoms with E-state index < -0.39 is 0 Å². The van der Waals surface area contributed by atoms with E-state index in [9.17, 15) is 0 Å². The first-order valence-corrected chi connectivity index (χ1v) is 10.0. The fraction of sp³-hybridized carbons (Fsp3) is 0.304. The summed E-state index contributed by atoms with van der Waals surface area (Å²) in [5.41, 5.74) is 1.40. The van der Waals surface area contributed by atoms with Crippen LogP contribution in [0.3, 0.4) is 0 Å². The Labute approximate surface area is 161 Å². The molecule has 3 rings (SSSR count). The summed E-state index contributed by atoms with van der Waals surface area (Å²) in [7, 11) is 6.49. The molecule has 0 atom stereocenters. The van der Waals surface area contributed by atoms with Crippen LogP contribution in [0.5, 0.6) is 0 Å². The summed E-state index contributed by atoms with van der Waals surface area (Å²) >= 11 is 1.88. The summed E-state index contributed by atoms with van der Waals surface area (Å²) in [5, 5.41) is 2.63. The van der Waals surface area contributed by atoms with Crippen molar-refractivity contribution in [1.82, 2.24) is 9.80 Å². The van der Waals surface area contributed by atoms with Crippen molar-refractivity contribution in [3.63, 3.8) is 0 Å². The predicted octanol–water partition coefficient (Wildman–Crippen LogP) is 5.37. The Morgan fingerprint density at radius 3 is 2.27 bits per heavy atom. The topological polar surface area (TPSA) is 6.48 Å². The SMILES string of the molecule is CN(C)CCCN(C)Cc1ccccc1Sc1cccc2ccccc12. The smallest absolute Gasteiger partial charge is 0.0241 e. The van der Waals surface area contributed by atoms with Gasteiger partial charge in [-0.15, -0.1) is 0 Å². The minimum absolute atomic E-state index is 0.987. The molecule has 26 heavy (non-hydrogen) atoms. The van der Waals surface area contributed by atoms with E-state index in [1.807, 2.05) is 11.8 Å². The zero-order valence-electron chi connectivity index (χ0n) is 16.0. The normalized spacial score (nSPS) is 11.6. The summed E-state index contributed by atoms with van der Waals surface area (Å²) in [5.74, 6) is 0. The van der Waals surface area contributed by atoms with Crippen LogP contribution < -0.4 is 0 Å². The molecule has 136 valence electrons. The number of fused-ring (bicyclic) bond motifs is 1. The molecule has 0 amide bonds. The van der Waals surface area contributed by atoms with Crippen molar-refractivity contribution in [2.75, 3.05) is 34.2 Å². The third-order valence-corrected chi connectivity index (χ3v) is 5.72. The van der Waals surface area contributed by atoms with Crippen LogP contribution in [0, 0.1) is 0 Å². The van der Waals surface area contributed by atoms with E-state index in [1.54, 1.807) is 0 Å². The maximum absolute atomic E-state index is 2.42. The number of hydrogen-bond donors (Lipinski definition) is 0. The molecule has 0 unspecified atom stereocenters. The lowest BCUT2D eigenvalue weighted by atomic mass is 10.1. The van der Waals surface area contributed by atoms with Crippen LogP contribution in [-0.2, 0) is 6.54 Å². The van der Waals surface area contributed by atoms with Gasteiger partial charge in [-0.3, -0.25) is 0 Å². The van der Waals surface area contributed by atoms with E-state index in [0.29, 0.717) is 0 Å². The lowest BCUT2D eigenvalue weighted by Gasteiger charge is -2.20. The summed E-state index contributed by atoms with van der Waals surface area (Å²) in [6.45, 7) is 3.24. The van der Waals surface area contributed by atoms with Crippen LogP contribution in [0.1, 0.15) is 12.0 Å². The van der Waals surface area contributed by atoms with E-state index in [4.69, 9.17) is 0 Å².